The Morgan fingerprint density at radius 3 is 1.04 bits per heavy atom. The van der Waals surface area contributed by atoms with Gasteiger partial charge in [-0.2, -0.15) is 0 Å². The van der Waals surface area contributed by atoms with Crippen LogP contribution in [0.2, 0.25) is 0 Å². The predicted octanol–water partition coefficient (Wildman–Crippen LogP) is 21.7. The molecule has 0 aliphatic rings. The zero-order valence-corrected chi connectivity index (χ0v) is 55.1. The monoisotopic (exact) mass is 1170 g/mol. The molecule has 0 spiro atoms. The van der Waals surface area contributed by atoms with Crippen LogP contribution in [0, 0.1) is 0 Å². The quantitative estimate of drug-likeness (QED) is 0.0211. The fourth-order valence-corrected chi connectivity index (χ4v) is 10.1. The van der Waals surface area contributed by atoms with Gasteiger partial charge in [-0.05, 0) is 83.5 Å². The highest BCUT2D eigenvalue weighted by atomic mass is 16.7. The van der Waals surface area contributed by atoms with E-state index >= 15 is 0 Å². The molecule has 0 saturated carbocycles. The summed E-state index contributed by atoms with van der Waals surface area (Å²) >= 11 is 0. The summed E-state index contributed by atoms with van der Waals surface area (Å²) in [5.41, 5.74) is 0. The normalized spacial score (nSPS) is 13.1. The number of carboxylic acids is 1. The maximum absolute atomic E-state index is 12.9. The highest BCUT2D eigenvalue weighted by Crippen LogP contribution is 2.18. The molecule has 0 aromatic rings. The summed E-state index contributed by atoms with van der Waals surface area (Å²) < 4.78 is 23.0. The van der Waals surface area contributed by atoms with Crippen LogP contribution in [-0.2, 0) is 33.3 Å². The first-order valence-corrected chi connectivity index (χ1v) is 35.1. The minimum Gasteiger partial charge on any atom is -0.477 e. The minimum atomic E-state index is -1.51. The van der Waals surface area contributed by atoms with E-state index in [4.69, 9.17) is 18.9 Å². The van der Waals surface area contributed by atoms with Gasteiger partial charge >= 0.3 is 17.9 Å². The summed E-state index contributed by atoms with van der Waals surface area (Å²) in [7, 11) is 5.98. The van der Waals surface area contributed by atoms with E-state index in [0.717, 1.165) is 70.6 Å². The number of nitrogens with zero attached hydrogens (tertiary/aromatic N) is 1. The average molecular weight is 1170 g/mol. The number of unbranched alkanes of at least 4 members (excludes halogenated alkanes) is 38. The molecule has 482 valence electrons. The molecule has 0 aliphatic carbocycles. The van der Waals surface area contributed by atoms with Gasteiger partial charge in [0.1, 0.15) is 13.2 Å². The summed E-state index contributed by atoms with van der Waals surface area (Å²) in [5.74, 6) is -1.99. The van der Waals surface area contributed by atoms with Gasteiger partial charge in [-0.15, -0.1) is 0 Å². The highest BCUT2D eigenvalue weighted by molar-refractivity contribution is 5.71. The number of rotatable bonds is 65. The van der Waals surface area contributed by atoms with Crippen molar-refractivity contribution in [2.75, 3.05) is 47.5 Å². The summed E-state index contributed by atoms with van der Waals surface area (Å²) in [4.78, 5) is 37.6. The maximum atomic E-state index is 12.9. The molecule has 0 saturated heterocycles. The number of esters is 2. The molecular weight excluding hydrogens is 1030 g/mol. The lowest BCUT2D eigenvalue weighted by atomic mass is 10.0. The van der Waals surface area contributed by atoms with E-state index < -0.39 is 18.4 Å². The second-order valence-electron chi connectivity index (χ2n) is 24.8. The molecule has 0 heterocycles. The molecule has 0 bridgehead atoms. The van der Waals surface area contributed by atoms with Crippen molar-refractivity contribution in [3.63, 3.8) is 0 Å². The van der Waals surface area contributed by atoms with E-state index in [1.807, 2.05) is 21.1 Å². The van der Waals surface area contributed by atoms with Crippen LogP contribution in [0.15, 0.2) is 72.9 Å². The molecular formula is C74H134NO8+. The first-order chi connectivity index (χ1) is 40.6. The number of quaternary nitrogens is 1. The molecule has 83 heavy (non-hydrogen) atoms. The number of ether oxygens (including phenoxy) is 4. The van der Waals surface area contributed by atoms with Crippen LogP contribution in [0.1, 0.15) is 322 Å². The van der Waals surface area contributed by atoms with Crippen molar-refractivity contribution in [3.05, 3.63) is 72.9 Å². The number of carbonyl (C=O) groups excluding carboxylic acids is 2. The Balaban J connectivity index is 4.06. The second kappa shape index (κ2) is 64.7. The first kappa shape index (κ1) is 79.7. The lowest BCUT2D eigenvalue weighted by Gasteiger charge is -2.25. The number of hydrogen-bond acceptors (Lipinski definition) is 7. The Kier molecular flexibility index (Phi) is 62.2. The average Bonchev–Trinajstić information content (AvgIpc) is 3.46. The van der Waals surface area contributed by atoms with Gasteiger partial charge in [-0.25, -0.2) is 4.79 Å². The Morgan fingerprint density at radius 1 is 0.373 bits per heavy atom. The molecule has 2 unspecified atom stereocenters. The van der Waals surface area contributed by atoms with Crippen LogP contribution in [0.5, 0.6) is 0 Å². The molecule has 0 fully saturated rings. The van der Waals surface area contributed by atoms with Crippen molar-refractivity contribution in [2.24, 2.45) is 0 Å². The van der Waals surface area contributed by atoms with Crippen LogP contribution in [0.3, 0.4) is 0 Å². The summed E-state index contributed by atoms with van der Waals surface area (Å²) in [5, 5.41) is 9.74. The van der Waals surface area contributed by atoms with Crippen molar-refractivity contribution in [1.29, 1.82) is 0 Å². The van der Waals surface area contributed by atoms with Gasteiger partial charge in [0.15, 0.2) is 6.10 Å². The van der Waals surface area contributed by atoms with Gasteiger partial charge in [0.05, 0.1) is 34.4 Å². The Hall–Kier alpha value is -3.27. The van der Waals surface area contributed by atoms with Crippen LogP contribution in [0.4, 0.5) is 0 Å². The number of allylic oxidation sites excluding steroid dienone is 12. The molecule has 0 amide bonds. The molecule has 0 aromatic carbocycles. The Bertz CT molecular complexity index is 1590. The third-order valence-electron chi connectivity index (χ3n) is 15.4. The van der Waals surface area contributed by atoms with Gasteiger partial charge in [0.25, 0.3) is 6.29 Å². The third kappa shape index (κ3) is 66.1. The van der Waals surface area contributed by atoms with Crippen molar-refractivity contribution in [2.45, 2.75) is 334 Å². The summed E-state index contributed by atoms with van der Waals surface area (Å²) in [6.07, 6.45) is 83.0. The fourth-order valence-electron chi connectivity index (χ4n) is 10.1. The Morgan fingerprint density at radius 2 is 0.687 bits per heavy atom. The van der Waals surface area contributed by atoms with Gasteiger partial charge in [-0.3, -0.25) is 9.59 Å². The van der Waals surface area contributed by atoms with E-state index in [-0.39, 0.29) is 38.2 Å². The largest absolute Gasteiger partial charge is 0.477 e. The van der Waals surface area contributed by atoms with Crippen LogP contribution >= 0.6 is 0 Å². The van der Waals surface area contributed by atoms with E-state index in [1.165, 1.54) is 225 Å². The number of hydrogen-bond donors (Lipinski definition) is 1. The van der Waals surface area contributed by atoms with Crippen LogP contribution in [0.25, 0.3) is 0 Å². The molecule has 2 atom stereocenters. The molecule has 9 nitrogen and oxygen atoms in total. The van der Waals surface area contributed by atoms with Gasteiger partial charge in [-0.1, -0.05) is 299 Å². The number of likely N-dealkylation sites (N-methyl/N-ethyl adjacent to an activating group) is 1. The van der Waals surface area contributed by atoms with Crippen molar-refractivity contribution in [3.8, 4) is 0 Å². The van der Waals surface area contributed by atoms with Crippen molar-refractivity contribution < 1.29 is 42.9 Å². The molecule has 1 N–H and O–H groups in total. The topological polar surface area (TPSA) is 108 Å². The lowest BCUT2D eigenvalue weighted by molar-refractivity contribution is -0.870. The number of aliphatic carboxylic acids is 1. The summed E-state index contributed by atoms with van der Waals surface area (Å²) in [6, 6.07) is 0. The number of carboxylic acid groups (broad SMARTS) is 1. The first-order valence-electron chi connectivity index (χ1n) is 35.1. The van der Waals surface area contributed by atoms with E-state index in [9.17, 15) is 19.5 Å². The molecule has 0 aromatic heterocycles. The van der Waals surface area contributed by atoms with Gasteiger partial charge in [0, 0.05) is 12.8 Å². The molecule has 0 aliphatic heterocycles. The smallest absolute Gasteiger partial charge is 0.361 e. The van der Waals surface area contributed by atoms with E-state index in [1.54, 1.807) is 0 Å². The second-order valence-corrected chi connectivity index (χ2v) is 24.8. The molecule has 0 radical (unpaired) electrons. The predicted molar refractivity (Wildman–Crippen MR) is 355 cm³/mol. The highest BCUT2D eigenvalue weighted by Gasteiger charge is 2.25. The van der Waals surface area contributed by atoms with Gasteiger partial charge in [0.2, 0.25) is 0 Å². The third-order valence-corrected chi connectivity index (χ3v) is 15.4. The Labute approximate surface area is 513 Å². The van der Waals surface area contributed by atoms with Crippen molar-refractivity contribution in [1.82, 2.24) is 0 Å². The maximum Gasteiger partial charge on any atom is 0.361 e. The zero-order chi connectivity index (χ0) is 60.5. The molecule has 9 heteroatoms. The zero-order valence-electron chi connectivity index (χ0n) is 55.1. The lowest BCUT2D eigenvalue weighted by Crippen LogP contribution is -2.40. The summed E-state index contributed by atoms with van der Waals surface area (Å²) in [6.45, 7) is 4.81. The minimum absolute atomic E-state index is 0.180. The number of carbonyl (C=O) groups is 3. The van der Waals surface area contributed by atoms with Crippen molar-refractivity contribution >= 4 is 17.9 Å². The SMILES string of the molecule is CC/C=C\C/C=C\C/C=C\C/C=C\C/C=C\CCCCCCCCCCCCCCCCCCCCCC(=O)OC(COC(=O)CCCCCCCCCCCCC/C=C\CCCCCCCCCC)COC(OCC[N+](C)(C)C)C(=O)O. The van der Waals surface area contributed by atoms with Crippen LogP contribution in [-0.4, -0.2) is 87.4 Å². The molecule has 0 rings (SSSR count). The van der Waals surface area contributed by atoms with Crippen LogP contribution < -0.4 is 0 Å². The fraction of sp³-hybridized carbons (Fsp3) is 0.797. The van der Waals surface area contributed by atoms with Gasteiger partial charge < -0.3 is 28.5 Å². The standard InChI is InChI=1S/C74H133NO8/c1-6-8-10-12-14-16-18-20-22-24-26-28-30-31-32-33-34-35-36-37-38-39-40-41-43-45-47-49-51-53-55-57-59-61-63-65-72(77)83-70(69-82-74(73(78)79)80-67-66-75(3,4)5)68-81-71(76)64-62-60-58-56-54-52-50-48-46-44-42-29-27-25-23-21-19-17-15-13-11-9-7-2/h8,10,14,16,20,22,25-28,31-32,70,74H,6-7,9,11-13,15,17-19,21,23-24,29-30,33-69H2,1-5H3/p+1/b10-8-,16-14-,22-20-,27-25-,28-26-,32-31-. The van der Waals surface area contributed by atoms with E-state index in [0.29, 0.717) is 17.4 Å². The van der Waals surface area contributed by atoms with E-state index in [2.05, 4.69) is 86.8 Å².